The minimum atomic E-state index is -1.86. The Balaban J connectivity index is 2.42. The third-order valence-corrected chi connectivity index (χ3v) is 4.88. The number of anilines is 1. The first-order valence-electron chi connectivity index (χ1n) is 8.74. The number of hydrogen-bond acceptors (Lipinski definition) is 8. The Bertz CT molecular complexity index is 946. The van der Waals surface area contributed by atoms with Gasteiger partial charge < -0.3 is 24.8 Å². The van der Waals surface area contributed by atoms with Crippen molar-refractivity contribution in [3.05, 3.63) is 52.6 Å². The molecule has 0 aromatic heterocycles. The largest absolute Gasteiger partial charge is 0.466 e. The third-order valence-electron chi connectivity index (χ3n) is 4.88. The van der Waals surface area contributed by atoms with Crippen molar-refractivity contribution in [1.29, 1.82) is 0 Å². The molecule has 28 heavy (non-hydrogen) atoms. The summed E-state index contributed by atoms with van der Waals surface area (Å²) >= 11 is 0. The lowest BCUT2D eigenvalue weighted by Crippen LogP contribution is -2.50. The van der Waals surface area contributed by atoms with E-state index >= 15 is 0 Å². The van der Waals surface area contributed by atoms with Crippen LogP contribution >= 0.6 is 0 Å². The molecule has 2 aliphatic heterocycles. The van der Waals surface area contributed by atoms with E-state index in [1.165, 1.54) is 14.0 Å². The van der Waals surface area contributed by atoms with Gasteiger partial charge in [0.2, 0.25) is 0 Å². The van der Waals surface area contributed by atoms with E-state index in [4.69, 9.17) is 19.9 Å². The lowest BCUT2D eigenvalue weighted by molar-refractivity contribution is -0.147. The summed E-state index contributed by atoms with van der Waals surface area (Å²) in [6, 6.07) is 6.87. The molecule has 2 heterocycles. The molecule has 3 rings (SSSR count). The molecule has 1 spiro atoms. The standard InChI is InChI=1S/C20H22N2O6/c1-10(2)27-18(24)14-11(3)28-19(25)20(14)12-8-6-7-9-13(12)22(4)16(21)15(20)17(23)26-5/h6-10H,21H2,1-5H3/t20-/m0/s1. The smallest absolute Gasteiger partial charge is 0.339 e. The minimum Gasteiger partial charge on any atom is -0.466 e. The van der Waals surface area contributed by atoms with E-state index in [2.05, 4.69) is 0 Å². The van der Waals surface area contributed by atoms with Crippen LogP contribution in [0.5, 0.6) is 0 Å². The van der Waals surface area contributed by atoms with Crippen molar-refractivity contribution < 1.29 is 28.6 Å². The highest BCUT2D eigenvalue weighted by molar-refractivity contribution is 6.16. The van der Waals surface area contributed by atoms with Gasteiger partial charge in [-0.1, -0.05) is 18.2 Å². The summed E-state index contributed by atoms with van der Waals surface area (Å²) in [6.45, 7) is 4.85. The number of ether oxygens (including phenoxy) is 3. The Hall–Kier alpha value is -3.29. The van der Waals surface area contributed by atoms with Crippen LogP contribution in [0.3, 0.4) is 0 Å². The number of hydrogen-bond donors (Lipinski definition) is 1. The average molecular weight is 386 g/mol. The first kappa shape index (κ1) is 19.5. The number of para-hydroxylation sites is 1. The number of cyclic esters (lactones) is 1. The number of allylic oxidation sites excluding steroid dienone is 1. The van der Waals surface area contributed by atoms with Gasteiger partial charge in [-0.25, -0.2) is 14.4 Å². The number of nitrogens with zero attached hydrogens (tertiary/aromatic N) is 1. The molecule has 8 heteroatoms. The van der Waals surface area contributed by atoms with Gasteiger partial charge in [0.25, 0.3) is 0 Å². The van der Waals surface area contributed by atoms with Crippen LogP contribution in [0, 0.1) is 0 Å². The van der Waals surface area contributed by atoms with E-state index in [9.17, 15) is 14.4 Å². The number of carbonyl (C=O) groups excluding carboxylic acids is 3. The van der Waals surface area contributed by atoms with Gasteiger partial charge >= 0.3 is 17.9 Å². The number of nitrogens with two attached hydrogens (primary N) is 1. The third kappa shape index (κ3) is 2.48. The van der Waals surface area contributed by atoms with Crippen LogP contribution in [0.4, 0.5) is 5.69 Å². The fourth-order valence-electron chi connectivity index (χ4n) is 3.74. The van der Waals surface area contributed by atoms with Crippen LogP contribution in [0.25, 0.3) is 0 Å². The second kappa shape index (κ2) is 6.70. The molecule has 0 unspecified atom stereocenters. The van der Waals surface area contributed by atoms with Gasteiger partial charge in [-0.2, -0.15) is 0 Å². The number of esters is 3. The quantitative estimate of drug-likeness (QED) is 0.615. The van der Waals surface area contributed by atoms with E-state index in [1.807, 2.05) is 0 Å². The zero-order valence-electron chi connectivity index (χ0n) is 16.4. The molecular weight excluding hydrogens is 364 g/mol. The molecule has 0 fully saturated rings. The van der Waals surface area contributed by atoms with Crippen LogP contribution < -0.4 is 10.6 Å². The molecule has 8 nitrogen and oxygen atoms in total. The fraction of sp³-hybridized carbons (Fsp3) is 0.350. The lowest BCUT2D eigenvalue weighted by Gasteiger charge is -2.39. The second-order valence-electron chi connectivity index (χ2n) is 6.85. The number of rotatable bonds is 3. The molecule has 0 amide bonds. The van der Waals surface area contributed by atoms with Gasteiger partial charge in [0, 0.05) is 18.3 Å². The molecule has 0 radical (unpaired) electrons. The zero-order valence-corrected chi connectivity index (χ0v) is 16.4. The molecule has 2 N–H and O–H groups in total. The first-order chi connectivity index (χ1) is 13.2. The van der Waals surface area contributed by atoms with Gasteiger partial charge in [0.1, 0.15) is 22.7 Å². The van der Waals surface area contributed by atoms with Crippen LogP contribution in [-0.4, -0.2) is 38.2 Å². The summed E-state index contributed by atoms with van der Waals surface area (Å²) < 4.78 is 15.6. The van der Waals surface area contributed by atoms with E-state index in [0.717, 1.165) is 0 Å². The SMILES string of the molecule is COC(=O)C1=C(N)N(C)c2ccccc2[C@@]12C(=O)OC(C)=C2C(=O)OC(C)C. The van der Waals surface area contributed by atoms with E-state index in [-0.39, 0.29) is 22.7 Å². The van der Waals surface area contributed by atoms with Crippen molar-refractivity contribution in [3.8, 4) is 0 Å². The maximum atomic E-state index is 13.2. The summed E-state index contributed by atoms with van der Waals surface area (Å²) in [5.41, 5.74) is 5.11. The number of methoxy groups -OCH3 is 1. The van der Waals surface area contributed by atoms with Crippen molar-refractivity contribution in [3.63, 3.8) is 0 Å². The minimum absolute atomic E-state index is 0.00736. The number of benzene rings is 1. The Kier molecular flexibility index (Phi) is 4.66. The molecule has 1 aromatic rings. The van der Waals surface area contributed by atoms with Crippen LogP contribution in [0.15, 0.2) is 47.0 Å². The average Bonchev–Trinajstić information content (AvgIpc) is 2.90. The van der Waals surface area contributed by atoms with E-state index in [0.29, 0.717) is 11.3 Å². The first-order valence-corrected chi connectivity index (χ1v) is 8.74. The zero-order chi connectivity index (χ0) is 20.8. The molecule has 2 aliphatic rings. The maximum absolute atomic E-state index is 13.2. The number of fused-ring (bicyclic) bond motifs is 2. The predicted octanol–water partition coefficient (Wildman–Crippen LogP) is 1.50. The summed E-state index contributed by atoms with van der Waals surface area (Å²) in [5, 5.41) is 0. The van der Waals surface area contributed by atoms with E-state index in [1.54, 1.807) is 50.1 Å². The summed E-state index contributed by atoms with van der Waals surface area (Å²) in [5.74, 6) is -2.34. The maximum Gasteiger partial charge on any atom is 0.339 e. The lowest BCUT2D eigenvalue weighted by atomic mass is 9.66. The predicted molar refractivity (Wildman–Crippen MR) is 99.8 cm³/mol. The summed E-state index contributed by atoms with van der Waals surface area (Å²) in [6.07, 6.45) is -0.440. The van der Waals surface area contributed by atoms with E-state index < -0.39 is 29.4 Å². The highest BCUT2D eigenvalue weighted by Crippen LogP contribution is 2.53. The summed E-state index contributed by atoms with van der Waals surface area (Å²) in [7, 11) is 2.84. The highest BCUT2D eigenvalue weighted by Gasteiger charge is 2.63. The van der Waals surface area contributed by atoms with Gasteiger partial charge in [0.15, 0.2) is 5.41 Å². The van der Waals surface area contributed by atoms with Crippen LogP contribution in [-0.2, 0) is 34.0 Å². The Morgan fingerprint density at radius 3 is 2.43 bits per heavy atom. The summed E-state index contributed by atoms with van der Waals surface area (Å²) in [4.78, 5) is 40.6. The molecule has 0 bridgehead atoms. The van der Waals surface area contributed by atoms with Gasteiger partial charge in [-0.05, 0) is 26.8 Å². The molecule has 148 valence electrons. The Labute approximate surface area is 162 Å². The molecule has 1 atom stereocenters. The van der Waals surface area contributed by atoms with Crippen molar-refractivity contribution in [1.82, 2.24) is 0 Å². The molecule has 0 saturated heterocycles. The van der Waals surface area contributed by atoms with Gasteiger partial charge in [0.05, 0.1) is 13.2 Å². The van der Waals surface area contributed by atoms with Crippen molar-refractivity contribution in [2.75, 3.05) is 19.1 Å². The van der Waals surface area contributed by atoms with Crippen molar-refractivity contribution in [2.24, 2.45) is 5.73 Å². The number of carbonyl (C=O) groups is 3. The van der Waals surface area contributed by atoms with Crippen LogP contribution in [0.1, 0.15) is 26.3 Å². The topological polar surface area (TPSA) is 108 Å². The fourth-order valence-corrected chi connectivity index (χ4v) is 3.74. The highest BCUT2D eigenvalue weighted by atomic mass is 16.6. The van der Waals surface area contributed by atoms with Crippen molar-refractivity contribution in [2.45, 2.75) is 32.3 Å². The Morgan fingerprint density at radius 2 is 1.82 bits per heavy atom. The molecular formula is C20H22N2O6. The Morgan fingerprint density at radius 1 is 1.18 bits per heavy atom. The van der Waals surface area contributed by atoms with Crippen molar-refractivity contribution >= 4 is 23.6 Å². The normalized spacial score (nSPS) is 21.2. The molecule has 0 saturated carbocycles. The van der Waals surface area contributed by atoms with Gasteiger partial charge in [-0.3, -0.25) is 0 Å². The van der Waals surface area contributed by atoms with Gasteiger partial charge in [-0.15, -0.1) is 0 Å². The van der Waals surface area contributed by atoms with Crippen LogP contribution in [0.2, 0.25) is 0 Å². The molecule has 0 aliphatic carbocycles. The second-order valence-corrected chi connectivity index (χ2v) is 6.85. The monoisotopic (exact) mass is 386 g/mol. The molecule has 1 aromatic carbocycles.